The molecule has 2 rings (SSSR count). The van der Waals surface area contributed by atoms with E-state index in [0.717, 1.165) is 12.1 Å². The fraction of sp³-hybridized carbons (Fsp3) is 0.667. The fourth-order valence-electron chi connectivity index (χ4n) is 3.17. The molecule has 0 unspecified atom stereocenters. The van der Waals surface area contributed by atoms with Crippen LogP contribution in [0.1, 0.15) is 50.3 Å². The Balaban J connectivity index is 2.09. The predicted octanol–water partition coefficient (Wildman–Crippen LogP) is 2.47. The summed E-state index contributed by atoms with van der Waals surface area (Å²) in [4.78, 5) is 35.1. The maximum absolute atomic E-state index is 12.9. The Kier molecular flexibility index (Phi) is 5.91. The molecule has 1 fully saturated rings. The number of esters is 1. The number of carbonyl (C=O) groups is 2. The normalized spacial score (nSPS) is 22.3. The first-order valence-corrected chi connectivity index (χ1v) is 8.56. The number of amides is 1. The van der Waals surface area contributed by atoms with E-state index in [2.05, 4.69) is 23.8 Å². The number of aryl methyl sites for hydroxylation is 1. The predicted molar refractivity (Wildman–Crippen MR) is 90.3 cm³/mol. The zero-order valence-corrected chi connectivity index (χ0v) is 15.2. The lowest BCUT2D eigenvalue weighted by Gasteiger charge is -2.37. The van der Waals surface area contributed by atoms with Crippen LogP contribution in [-0.2, 0) is 9.53 Å². The summed E-state index contributed by atoms with van der Waals surface area (Å²) < 4.78 is 5.49. The van der Waals surface area contributed by atoms with Crippen LogP contribution in [0, 0.1) is 24.7 Å². The van der Waals surface area contributed by atoms with Crippen molar-refractivity contribution < 1.29 is 14.3 Å². The second kappa shape index (κ2) is 7.73. The molecule has 0 bridgehead atoms. The van der Waals surface area contributed by atoms with Crippen LogP contribution in [0.25, 0.3) is 0 Å². The highest BCUT2D eigenvalue weighted by Gasteiger charge is 2.34. The van der Waals surface area contributed by atoms with Crippen molar-refractivity contribution in [2.24, 2.45) is 17.8 Å². The van der Waals surface area contributed by atoms with E-state index < -0.39 is 12.1 Å². The first-order valence-electron chi connectivity index (χ1n) is 8.56. The fourth-order valence-corrected chi connectivity index (χ4v) is 3.17. The highest BCUT2D eigenvalue weighted by Crippen LogP contribution is 2.23. The molecule has 132 valence electrons. The van der Waals surface area contributed by atoms with Gasteiger partial charge in [-0.1, -0.05) is 27.7 Å². The minimum absolute atomic E-state index is 0.104. The molecule has 0 radical (unpaired) electrons. The highest BCUT2D eigenvalue weighted by molar-refractivity contribution is 5.90. The van der Waals surface area contributed by atoms with Crippen LogP contribution < -0.4 is 0 Å². The SMILES string of the molecule is Cc1cnc(C(=O)O[C@H](C(=O)N2C[C@H](C)C[C@@H](C)C2)C(C)C)cn1. The topological polar surface area (TPSA) is 72.4 Å². The quantitative estimate of drug-likeness (QED) is 0.792. The second-order valence-electron chi connectivity index (χ2n) is 7.30. The van der Waals surface area contributed by atoms with E-state index in [9.17, 15) is 9.59 Å². The second-order valence-corrected chi connectivity index (χ2v) is 7.30. The largest absolute Gasteiger partial charge is 0.447 e. The molecule has 1 aromatic rings. The van der Waals surface area contributed by atoms with Crippen LogP contribution in [0.5, 0.6) is 0 Å². The molecule has 1 aliphatic rings. The Hall–Kier alpha value is -1.98. The van der Waals surface area contributed by atoms with E-state index in [4.69, 9.17) is 4.74 Å². The number of aromatic nitrogens is 2. The van der Waals surface area contributed by atoms with E-state index in [1.165, 1.54) is 12.4 Å². The van der Waals surface area contributed by atoms with E-state index in [0.29, 0.717) is 24.9 Å². The number of rotatable bonds is 4. The lowest BCUT2D eigenvalue weighted by atomic mass is 9.91. The first-order chi connectivity index (χ1) is 11.3. The zero-order chi connectivity index (χ0) is 17.9. The summed E-state index contributed by atoms with van der Waals surface area (Å²) in [6, 6.07) is 0. The van der Waals surface area contributed by atoms with Gasteiger partial charge in [-0.25, -0.2) is 9.78 Å². The van der Waals surface area contributed by atoms with Crippen molar-refractivity contribution in [3.63, 3.8) is 0 Å². The summed E-state index contributed by atoms with van der Waals surface area (Å²) in [7, 11) is 0. The number of likely N-dealkylation sites (tertiary alicyclic amines) is 1. The number of ether oxygens (including phenoxy) is 1. The molecule has 0 spiro atoms. The molecule has 6 heteroatoms. The smallest absolute Gasteiger partial charge is 0.359 e. The molecule has 1 aromatic heterocycles. The van der Waals surface area contributed by atoms with Gasteiger partial charge in [0, 0.05) is 19.3 Å². The average Bonchev–Trinajstić information content (AvgIpc) is 2.51. The maximum atomic E-state index is 12.9. The van der Waals surface area contributed by atoms with E-state index in [1.807, 2.05) is 18.7 Å². The van der Waals surface area contributed by atoms with Crippen LogP contribution >= 0.6 is 0 Å². The summed E-state index contributed by atoms with van der Waals surface area (Å²) >= 11 is 0. The van der Waals surface area contributed by atoms with Crippen LogP contribution in [0.3, 0.4) is 0 Å². The summed E-state index contributed by atoms with van der Waals surface area (Å²) in [5.41, 5.74) is 0.846. The lowest BCUT2D eigenvalue weighted by Crippen LogP contribution is -2.49. The molecule has 24 heavy (non-hydrogen) atoms. The standard InChI is InChI=1S/C18H27N3O3/c1-11(2)16(17(22)21-9-12(3)6-13(4)10-21)24-18(23)15-8-19-14(5)7-20-15/h7-8,11-13,16H,6,9-10H2,1-5H3/t12-,13-,16+/m1/s1. The van der Waals surface area contributed by atoms with Gasteiger partial charge in [0.15, 0.2) is 11.8 Å². The molecule has 0 aromatic carbocycles. The maximum Gasteiger partial charge on any atom is 0.359 e. The molecular weight excluding hydrogens is 306 g/mol. The molecule has 6 nitrogen and oxygen atoms in total. The Bertz CT molecular complexity index is 576. The molecule has 3 atom stereocenters. The monoisotopic (exact) mass is 333 g/mol. The van der Waals surface area contributed by atoms with Gasteiger partial charge in [0.1, 0.15) is 0 Å². The summed E-state index contributed by atoms with van der Waals surface area (Å²) in [5, 5.41) is 0. The van der Waals surface area contributed by atoms with Crippen molar-refractivity contribution in [3.8, 4) is 0 Å². The van der Waals surface area contributed by atoms with Crippen molar-refractivity contribution >= 4 is 11.9 Å². The van der Waals surface area contributed by atoms with Gasteiger partial charge in [-0.15, -0.1) is 0 Å². The van der Waals surface area contributed by atoms with E-state index in [-0.39, 0.29) is 17.5 Å². The molecule has 1 aliphatic heterocycles. The zero-order valence-electron chi connectivity index (χ0n) is 15.2. The van der Waals surface area contributed by atoms with Gasteiger partial charge in [0.25, 0.3) is 5.91 Å². The third kappa shape index (κ3) is 4.52. The molecule has 2 heterocycles. The molecule has 0 aliphatic carbocycles. The molecular formula is C18H27N3O3. The number of hydrogen-bond acceptors (Lipinski definition) is 5. The van der Waals surface area contributed by atoms with Crippen LogP contribution in [0.4, 0.5) is 0 Å². The molecule has 0 N–H and O–H groups in total. The third-order valence-corrected chi connectivity index (χ3v) is 4.25. The number of nitrogens with zero attached hydrogens (tertiary/aromatic N) is 3. The average molecular weight is 333 g/mol. The van der Waals surface area contributed by atoms with Gasteiger partial charge in [-0.3, -0.25) is 9.78 Å². The summed E-state index contributed by atoms with van der Waals surface area (Å²) in [6.45, 7) is 11.3. The van der Waals surface area contributed by atoms with Crippen molar-refractivity contribution in [2.45, 2.75) is 47.1 Å². The summed E-state index contributed by atoms with van der Waals surface area (Å²) in [5.74, 6) is 0.102. The highest BCUT2D eigenvalue weighted by atomic mass is 16.5. The Labute approximate surface area is 143 Å². The minimum Gasteiger partial charge on any atom is -0.447 e. The number of carbonyl (C=O) groups excluding carboxylic acids is 2. The van der Waals surface area contributed by atoms with Crippen LogP contribution in [0.2, 0.25) is 0 Å². The molecule has 1 amide bonds. The number of piperidine rings is 1. The Morgan fingerprint density at radius 1 is 1.17 bits per heavy atom. The lowest BCUT2D eigenvalue weighted by molar-refractivity contribution is -0.145. The van der Waals surface area contributed by atoms with Crippen molar-refractivity contribution in [3.05, 3.63) is 23.8 Å². The Morgan fingerprint density at radius 2 is 1.79 bits per heavy atom. The summed E-state index contributed by atoms with van der Waals surface area (Å²) in [6.07, 6.45) is 3.22. The van der Waals surface area contributed by atoms with Crippen LogP contribution in [0.15, 0.2) is 12.4 Å². The third-order valence-electron chi connectivity index (χ3n) is 4.25. The molecule has 1 saturated heterocycles. The first kappa shape index (κ1) is 18.4. The van der Waals surface area contributed by atoms with Gasteiger partial charge in [-0.05, 0) is 31.1 Å². The van der Waals surface area contributed by atoms with Gasteiger partial charge >= 0.3 is 5.97 Å². The number of hydrogen-bond donors (Lipinski definition) is 0. The van der Waals surface area contributed by atoms with E-state index in [1.54, 1.807) is 6.92 Å². The van der Waals surface area contributed by atoms with Gasteiger partial charge < -0.3 is 9.64 Å². The molecule has 0 saturated carbocycles. The van der Waals surface area contributed by atoms with Crippen molar-refractivity contribution in [2.75, 3.05) is 13.1 Å². The minimum atomic E-state index is -0.793. The van der Waals surface area contributed by atoms with Gasteiger partial charge in [-0.2, -0.15) is 0 Å². The van der Waals surface area contributed by atoms with Gasteiger partial charge in [0.2, 0.25) is 0 Å². The Morgan fingerprint density at radius 3 is 2.29 bits per heavy atom. The van der Waals surface area contributed by atoms with E-state index >= 15 is 0 Å². The van der Waals surface area contributed by atoms with Crippen molar-refractivity contribution in [1.82, 2.24) is 14.9 Å². The van der Waals surface area contributed by atoms with Crippen LogP contribution in [-0.4, -0.2) is 45.9 Å². The van der Waals surface area contributed by atoms with Crippen molar-refractivity contribution in [1.29, 1.82) is 0 Å². The van der Waals surface area contributed by atoms with Gasteiger partial charge in [0.05, 0.1) is 11.9 Å².